The summed E-state index contributed by atoms with van der Waals surface area (Å²) in [5.74, 6) is 3.25. The first-order valence-electron chi connectivity index (χ1n) is 11.4. The maximum atomic E-state index is 6.81. The van der Waals surface area contributed by atoms with Gasteiger partial charge in [0.25, 0.3) is 0 Å². The van der Waals surface area contributed by atoms with Crippen molar-refractivity contribution in [3.63, 3.8) is 0 Å². The molecule has 0 aromatic heterocycles. The largest absolute Gasteiger partial charge is 0.493 e. The van der Waals surface area contributed by atoms with E-state index in [2.05, 4.69) is 35.9 Å². The summed E-state index contributed by atoms with van der Waals surface area (Å²) >= 11 is 0. The fourth-order valence-electron chi connectivity index (χ4n) is 5.40. The van der Waals surface area contributed by atoms with Crippen molar-refractivity contribution < 1.29 is 18.9 Å². The molecule has 7 heteroatoms. The van der Waals surface area contributed by atoms with Crippen LogP contribution in [0.25, 0.3) is 0 Å². The van der Waals surface area contributed by atoms with Gasteiger partial charge in [-0.15, -0.1) is 0 Å². The van der Waals surface area contributed by atoms with Crippen LogP contribution in [-0.4, -0.2) is 54.4 Å². The Bertz CT molecular complexity index is 1070. The summed E-state index contributed by atoms with van der Waals surface area (Å²) in [6.45, 7) is 6.76. The number of piperidine rings is 1. The Morgan fingerprint density at radius 3 is 2.69 bits per heavy atom. The fraction of sp³-hybridized carbons (Fsp3) is 0.480. The van der Waals surface area contributed by atoms with Gasteiger partial charge in [0.2, 0.25) is 12.5 Å². The van der Waals surface area contributed by atoms with Gasteiger partial charge in [0.1, 0.15) is 0 Å². The van der Waals surface area contributed by atoms with Crippen LogP contribution in [0.4, 0.5) is 0 Å². The highest BCUT2D eigenvalue weighted by Crippen LogP contribution is 2.53. The lowest BCUT2D eigenvalue weighted by Crippen LogP contribution is -2.59. The first kappa shape index (κ1) is 19.7. The number of hydrazone groups is 1. The van der Waals surface area contributed by atoms with Gasteiger partial charge in [-0.25, -0.2) is 5.01 Å². The van der Waals surface area contributed by atoms with Crippen LogP contribution in [0.15, 0.2) is 41.5 Å². The van der Waals surface area contributed by atoms with E-state index in [0.29, 0.717) is 6.04 Å². The van der Waals surface area contributed by atoms with Crippen LogP contribution in [0.2, 0.25) is 0 Å². The van der Waals surface area contributed by atoms with E-state index in [0.717, 1.165) is 72.2 Å². The molecular weight excluding hydrogens is 406 g/mol. The van der Waals surface area contributed by atoms with Crippen molar-refractivity contribution in [2.45, 2.75) is 50.9 Å². The van der Waals surface area contributed by atoms with Crippen molar-refractivity contribution in [3.05, 3.63) is 47.5 Å². The molecule has 0 amide bonds. The van der Waals surface area contributed by atoms with Gasteiger partial charge in [-0.05, 0) is 38.1 Å². The van der Waals surface area contributed by atoms with Gasteiger partial charge in [0, 0.05) is 49.5 Å². The summed E-state index contributed by atoms with van der Waals surface area (Å²) < 4.78 is 23.6. The SMILES string of the molecule is COc1cccc2c1OC1(CCN(C(C)C)CC1)N1N=C(c3ccc4c(c3)OCO4)C[C@H]21. The number of hydrogen-bond acceptors (Lipinski definition) is 7. The minimum Gasteiger partial charge on any atom is -0.493 e. The highest BCUT2D eigenvalue weighted by Gasteiger charge is 2.52. The predicted octanol–water partition coefficient (Wildman–Crippen LogP) is 4.17. The maximum absolute atomic E-state index is 6.81. The lowest BCUT2D eigenvalue weighted by Gasteiger charge is -2.51. The van der Waals surface area contributed by atoms with E-state index in [-0.39, 0.29) is 12.8 Å². The average molecular weight is 436 g/mol. The zero-order valence-electron chi connectivity index (χ0n) is 18.8. The van der Waals surface area contributed by atoms with E-state index < -0.39 is 5.72 Å². The Balaban J connectivity index is 1.41. The second-order valence-electron chi connectivity index (χ2n) is 9.24. The Morgan fingerprint density at radius 1 is 1.09 bits per heavy atom. The molecule has 0 unspecified atom stereocenters. The number of nitrogens with zero attached hydrogens (tertiary/aromatic N) is 3. The van der Waals surface area contributed by atoms with Crippen molar-refractivity contribution in [3.8, 4) is 23.0 Å². The van der Waals surface area contributed by atoms with Gasteiger partial charge in [0.05, 0.1) is 18.9 Å². The second kappa shape index (κ2) is 7.30. The third-order valence-corrected chi connectivity index (χ3v) is 7.22. The molecule has 0 radical (unpaired) electrons. The molecule has 6 rings (SSSR count). The van der Waals surface area contributed by atoms with Crippen molar-refractivity contribution >= 4 is 5.71 Å². The summed E-state index contributed by atoms with van der Waals surface area (Å²) in [6, 6.07) is 12.9. The highest BCUT2D eigenvalue weighted by atomic mass is 16.7. The topological polar surface area (TPSA) is 55.8 Å². The van der Waals surface area contributed by atoms with Gasteiger partial charge in [-0.1, -0.05) is 12.1 Å². The van der Waals surface area contributed by atoms with Crippen LogP contribution in [0.5, 0.6) is 23.0 Å². The van der Waals surface area contributed by atoms with Crippen LogP contribution in [0.3, 0.4) is 0 Å². The van der Waals surface area contributed by atoms with Crippen LogP contribution in [0.1, 0.15) is 50.3 Å². The van der Waals surface area contributed by atoms with E-state index in [1.54, 1.807) is 7.11 Å². The number of likely N-dealkylation sites (tertiary alicyclic amines) is 1. The molecule has 4 aliphatic rings. The lowest BCUT2D eigenvalue weighted by molar-refractivity contribution is -0.153. The molecule has 4 heterocycles. The number of para-hydroxylation sites is 1. The maximum Gasteiger partial charge on any atom is 0.231 e. The Labute approximate surface area is 188 Å². The van der Waals surface area contributed by atoms with Crippen LogP contribution in [-0.2, 0) is 0 Å². The van der Waals surface area contributed by atoms with Gasteiger partial charge >= 0.3 is 0 Å². The molecular formula is C25H29N3O4. The summed E-state index contributed by atoms with van der Waals surface area (Å²) in [7, 11) is 1.71. The standard InChI is InChI=1S/C25H29N3O4/c1-16(2)27-11-9-25(10-12-27)28-20(18-5-4-6-22(29-3)24(18)32-25)14-19(26-28)17-7-8-21-23(13-17)31-15-30-21/h4-8,13,16,20H,9-12,14-15H2,1-3H3/t20-/m1/s1. The molecule has 1 saturated heterocycles. The van der Waals surface area contributed by atoms with Crippen LogP contribution >= 0.6 is 0 Å². The smallest absolute Gasteiger partial charge is 0.231 e. The molecule has 4 aliphatic heterocycles. The zero-order chi connectivity index (χ0) is 21.9. The third kappa shape index (κ3) is 2.94. The number of benzene rings is 2. The number of hydrogen-bond donors (Lipinski definition) is 0. The van der Waals surface area contributed by atoms with E-state index in [9.17, 15) is 0 Å². The first-order chi connectivity index (χ1) is 15.6. The second-order valence-corrected chi connectivity index (χ2v) is 9.24. The highest BCUT2D eigenvalue weighted by molar-refractivity contribution is 6.02. The van der Waals surface area contributed by atoms with Crippen LogP contribution in [0, 0.1) is 0 Å². The molecule has 1 atom stereocenters. The summed E-state index contributed by atoms with van der Waals surface area (Å²) in [5.41, 5.74) is 2.80. The molecule has 0 saturated carbocycles. The monoisotopic (exact) mass is 435 g/mol. The van der Waals surface area contributed by atoms with E-state index in [1.165, 1.54) is 0 Å². The molecule has 32 heavy (non-hydrogen) atoms. The van der Waals surface area contributed by atoms with E-state index >= 15 is 0 Å². The number of methoxy groups -OCH3 is 1. The average Bonchev–Trinajstić information content (AvgIpc) is 3.47. The molecule has 0 bridgehead atoms. The summed E-state index contributed by atoms with van der Waals surface area (Å²) in [6.07, 6.45) is 2.62. The molecule has 1 spiro atoms. The van der Waals surface area contributed by atoms with E-state index in [4.69, 9.17) is 24.0 Å². The first-order valence-corrected chi connectivity index (χ1v) is 11.4. The number of ether oxygens (including phenoxy) is 4. The molecule has 2 aromatic carbocycles. The summed E-state index contributed by atoms with van der Waals surface area (Å²) in [5, 5.41) is 7.42. The molecule has 1 fully saturated rings. The van der Waals surface area contributed by atoms with E-state index in [1.807, 2.05) is 24.3 Å². The number of rotatable bonds is 3. The Kier molecular flexibility index (Phi) is 4.50. The van der Waals surface area contributed by atoms with Crippen molar-refractivity contribution in [1.82, 2.24) is 9.91 Å². The van der Waals surface area contributed by atoms with Crippen molar-refractivity contribution in [2.75, 3.05) is 27.0 Å². The quantitative estimate of drug-likeness (QED) is 0.721. The van der Waals surface area contributed by atoms with Crippen molar-refractivity contribution in [2.24, 2.45) is 5.10 Å². The normalized spacial score (nSPS) is 23.1. The van der Waals surface area contributed by atoms with Crippen molar-refractivity contribution in [1.29, 1.82) is 0 Å². The van der Waals surface area contributed by atoms with Gasteiger partial charge in [0.15, 0.2) is 23.0 Å². The van der Waals surface area contributed by atoms with Crippen LogP contribution < -0.4 is 18.9 Å². The fourth-order valence-corrected chi connectivity index (χ4v) is 5.40. The lowest BCUT2D eigenvalue weighted by atomic mass is 9.90. The minimum atomic E-state index is -0.463. The summed E-state index contributed by atoms with van der Waals surface area (Å²) in [4.78, 5) is 2.51. The molecule has 0 N–H and O–H groups in total. The molecule has 168 valence electrons. The minimum absolute atomic E-state index is 0.125. The molecule has 2 aromatic rings. The van der Waals surface area contributed by atoms with Gasteiger partial charge < -0.3 is 23.8 Å². The Hall–Kier alpha value is -2.93. The Morgan fingerprint density at radius 2 is 1.91 bits per heavy atom. The van der Waals surface area contributed by atoms with Gasteiger partial charge in [-0.2, -0.15) is 5.10 Å². The predicted molar refractivity (Wildman–Crippen MR) is 121 cm³/mol. The third-order valence-electron chi connectivity index (χ3n) is 7.22. The molecule has 0 aliphatic carbocycles. The number of fused-ring (bicyclic) bond motifs is 5. The van der Waals surface area contributed by atoms with Gasteiger partial charge in [-0.3, -0.25) is 0 Å². The molecule has 7 nitrogen and oxygen atoms in total. The zero-order valence-corrected chi connectivity index (χ0v) is 18.8.